The Morgan fingerprint density at radius 1 is 0.451 bits per heavy atom. The second kappa shape index (κ2) is 67.3. The van der Waals surface area contributed by atoms with Gasteiger partial charge < -0.3 is 90.4 Å². The molecule has 9 rings (SSSR count). The normalized spacial score (nSPS) is 15.0. The Kier molecular flexibility index (Phi) is 57.9. The Hall–Kier alpha value is -10.6. The van der Waals surface area contributed by atoms with Crippen LogP contribution in [0.3, 0.4) is 0 Å². The summed E-state index contributed by atoms with van der Waals surface area (Å²) in [5.74, 6) is -3.20. The smallest absolute Gasteiger partial charge is 0.328 e. The molecule has 14 atom stereocenters. The quantitative estimate of drug-likeness (QED) is 0.0124. The van der Waals surface area contributed by atoms with Gasteiger partial charge in [-0.15, -0.1) is 0 Å². The van der Waals surface area contributed by atoms with Gasteiger partial charge in [-0.05, 0) is 186 Å². The summed E-state index contributed by atoms with van der Waals surface area (Å²) in [4.78, 5) is 152. The van der Waals surface area contributed by atoms with Crippen LogP contribution in [0.5, 0.6) is 0 Å². The number of Topliss-reactive ketones (excluding diaryl/α,β-unsaturated/α-hetero) is 1. The molecule has 1 aliphatic rings. The number of carbonyl (C=O) groups excluding carboxylic acids is 9. The van der Waals surface area contributed by atoms with Crippen LogP contribution < -0.4 is 65.5 Å². The lowest BCUT2D eigenvalue weighted by Gasteiger charge is -2.42. The number of ether oxygens (including phenoxy) is 1. The summed E-state index contributed by atoms with van der Waals surface area (Å²) in [5, 5.41) is 54.8. The van der Waals surface area contributed by atoms with Crippen molar-refractivity contribution in [2.75, 3.05) is 85.8 Å². The minimum atomic E-state index is -1.12. The second-order valence-corrected chi connectivity index (χ2v) is 38.9. The van der Waals surface area contributed by atoms with Gasteiger partial charge in [0.25, 0.3) is 17.7 Å². The van der Waals surface area contributed by atoms with Gasteiger partial charge in [-0.2, -0.15) is 63.1 Å². The monoisotopic (exact) mass is 2080 g/mol. The van der Waals surface area contributed by atoms with E-state index < -0.39 is 95.9 Å². The Morgan fingerprint density at radius 3 is 1.56 bits per heavy atom. The Morgan fingerprint density at radius 2 is 0.993 bits per heavy atom. The molecule has 1 heterocycles. The third-order valence-electron chi connectivity index (χ3n) is 24.7. The van der Waals surface area contributed by atoms with Gasteiger partial charge in [0.05, 0.1) is 31.3 Å². The maximum Gasteiger partial charge on any atom is 0.328 e. The Balaban J connectivity index is 0.000000319. The van der Waals surface area contributed by atoms with Crippen LogP contribution in [-0.2, 0) is 60.7 Å². The van der Waals surface area contributed by atoms with Gasteiger partial charge in [-0.25, -0.2) is 19.2 Å². The van der Waals surface area contributed by atoms with Crippen LogP contribution >= 0.6 is 63.1 Å². The number of ketones is 1. The van der Waals surface area contributed by atoms with Crippen LogP contribution in [-0.4, -0.2) is 238 Å². The number of esters is 1. The number of aliphatic carboxylic acids is 3. The van der Waals surface area contributed by atoms with E-state index in [4.69, 9.17) is 32.8 Å². The number of nitrogens with zero attached hydrogens (tertiary/aromatic N) is 2. The molecule has 0 saturated carbocycles. The highest BCUT2D eigenvalue weighted by Gasteiger charge is 2.36. The minimum Gasteiger partial charge on any atom is -0.480 e. The van der Waals surface area contributed by atoms with Crippen molar-refractivity contribution in [3.05, 3.63) is 216 Å². The van der Waals surface area contributed by atoms with Crippen molar-refractivity contribution in [2.24, 2.45) is 52.5 Å². The number of amides is 7. The molecule has 1 saturated heterocycles. The van der Waals surface area contributed by atoms with E-state index in [2.05, 4.69) is 150 Å². The molecule has 8 aromatic rings. The predicted molar refractivity (Wildman–Crippen MR) is 594 cm³/mol. The maximum absolute atomic E-state index is 13.3. The summed E-state index contributed by atoms with van der Waals surface area (Å²) in [5.41, 5.74) is 29.9. The average molecular weight is 2080 g/mol. The number of nitrogens with two attached hydrogens (primary N) is 4. The molecule has 0 radical (unpaired) electrons. The third-order valence-corrected chi connectivity index (χ3v) is 27.1. The van der Waals surface area contributed by atoms with E-state index in [0.717, 1.165) is 126 Å². The van der Waals surface area contributed by atoms with Crippen LogP contribution in [0, 0.1) is 29.6 Å². The lowest BCUT2D eigenvalue weighted by molar-refractivity contribution is -0.143. The third kappa shape index (κ3) is 42.8. The zero-order chi connectivity index (χ0) is 106. The van der Waals surface area contributed by atoms with E-state index in [0.29, 0.717) is 104 Å². The van der Waals surface area contributed by atoms with Crippen molar-refractivity contribution in [1.29, 1.82) is 0 Å². The lowest BCUT2D eigenvalue weighted by atomic mass is 9.87. The standard InChI is InChI=1S/C27H37N3O5S.C24H40N2O3S.C22H29N3O3S.C21H29N3OS.C15H21N3O4S/c1-4-7-22(27(34)35)29-25(32)20(13-17-10-11-18-8-5-6-9-19(18)12-17)14-23(31)24(16(2)3)30-26(33)21(28)15-36;1-5-9-21(24(28)29)26-23(27)22(14-19-10-7-6-8-11-19)25-15-20(17(2)3)13-12-18(4)16-30;1-3-7-20(22(27)28-2)25-21(26)18-11-10-17(24-13-16(23)14-29)12-19(18)15-8-5-4-6-9-15;1-2-6-18-14-24(12-11-23(18)13-17(22)15-26)21(25)20-10-5-8-16-7-3-4-9-19(16)20;1-2-3-12(15(21)22)18-13(19)9-4-6-10(7-5-9)17-14(20)11(16)8-23/h5-6,8-12,16,20-22,24,36H,4,7,13-15,28H2,1-3H3,(H,29,32)(H,30,33)(H,34,35);6-8,10-11,17-18,20-22,25,30H,5,9,12-16H2,1-4H3,(H,26,27)(H,28,29);4-6,8-12,16,20,24,29H,3,7,13-14,23H2,1-2H3,(H,25,26);3-5,7-10,17-18,26H,2,6,11-15,22H2,1H3;4-7,11-12,23H,2-3,8,16H2,1H3,(H,17,20)(H,18,19)(H,21,22). The predicted octanol–water partition coefficient (Wildman–Crippen LogP) is 13.9. The van der Waals surface area contributed by atoms with Crippen molar-refractivity contribution >= 4 is 167 Å². The van der Waals surface area contributed by atoms with E-state index in [1.165, 1.54) is 19.2 Å². The molecule has 0 spiro atoms. The molecule has 14 unspecified atom stereocenters. The van der Waals surface area contributed by atoms with Crippen molar-refractivity contribution in [3.63, 3.8) is 0 Å². The molecule has 788 valence electrons. The van der Waals surface area contributed by atoms with E-state index >= 15 is 0 Å². The molecular formula is C109H156N14O16S5. The zero-order valence-corrected chi connectivity index (χ0v) is 89.6. The van der Waals surface area contributed by atoms with Crippen LogP contribution in [0.2, 0.25) is 0 Å². The molecule has 8 aromatic carbocycles. The van der Waals surface area contributed by atoms with Gasteiger partial charge >= 0.3 is 23.9 Å². The number of thiol groups is 5. The fraction of sp³-hybridized carbons (Fsp3) is 0.486. The van der Waals surface area contributed by atoms with Crippen LogP contribution in [0.15, 0.2) is 188 Å². The molecule has 1 aliphatic heterocycles. The number of benzene rings is 8. The van der Waals surface area contributed by atoms with E-state index in [1.54, 1.807) is 32.0 Å². The topological polar surface area (TPSA) is 482 Å². The molecule has 7 amide bonds. The van der Waals surface area contributed by atoms with Gasteiger partial charge in [-0.3, -0.25) is 43.3 Å². The first-order valence-corrected chi connectivity index (χ1v) is 53.0. The number of methoxy groups -OCH3 is 1. The minimum absolute atomic E-state index is 0.0728. The maximum atomic E-state index is 13.3. The molecule has 144 heavy (non-hydrogen) atoms. The summed E-state index contributed by atoms with van der Waals surface area (Å²) in [7, 11) is 1.32. The lowest BCUT2D eigenvalue weighted by Crippen LogP contribution is -2.57. The number of fused-ring (bicyclic) bond motifs is 2. The largest absolute Gasteiger partial charge is 0.480 e. The summed E-state index contributed by atoms with van der Waals surface area (Å²) >= 11 is 20.9. The number of nitrogens with one attached hydrogen (secondary N) is 8. The van der Waals surface area contributed by atoms with Crippen LogP contribution in [0.25, 0.3) is 32.7 Å². The second-order valence-electron chi connectivity index (χ2n) is 37.1. The molecular weight excluding hydrogens is 1920 g/mol. The number of carboxylic acid groups (broad SMARTS) is 3. The average Bonchev–Trinajstić information content (AvgIpc) is 0.810. The molecule has 0 aliphatic carbocycles. The van der Waals surface area contributed by atoms with E-state index in [-0.39, 0.29) is 78.2 Å². The van der Waals surface area contributed by atoms with Crippen LogP contribution in [0.1, 0.15) is 195 Å². The van der Waals surface area contributed by atoms with Gasteiger partial charge in [0.1, 0.15) is 24.2 Å². The first-order chi connectivity index (χ1) is 68.9. The summed E-state index contributed by atoms with van der Waals surface area (Å²) in [6.45, 7) is 24.5. The first kappa shape index (κ1) is 124. The van der Waals surface area contributed by atoms with Crippen LogP contribution in [0.4, 0.5) is 11.4 Å². The SMILES string of the molecule is CCCC(NC(=O)C(CC(=O)C(NC(=O)C(N)CS)C(C)C)Cc1ccc2ccccc2c1)C(=O)O.CCCC(NC(=O)C(Cc1ccccc1)NCC(CCC(C)CS)C(C)C)C(=O)O.CCCC(NC(=O)c1ccc(NC(=O)C(N)CS)cc1)C(=O)O.CCCC(NC(=O)c1ccc(NCC(N)CS)cc1-c1ccccc1)C(=O)OC.CCCC1CN(C(=O)c2cccc3ccccc23)CCN1CC(N)CS. The first-order valence-electron chi connectivity index (χ1n) is 49.9. The highest BCUT2D eigenvalue weighted by Crippen LogP contribution is 2.30. The summed E-state index contributed by atoms with van der Waals surface area (Å²) in [6.07, 6.45) is 9.26. The van der Waals surface area contributed by atoms with Gasteiger partial charge in [-0.1, -0.05) is 241 Å². The fourth-order valence-corrected chi connectivity index (χ4v) is 16.9. The fourth-order valence-electron chi connectivity index (χ4n) is 16.2. The number of hydrogen-bond donors (Lipinski definition) is 20. The van der Waals surface area contributed by atoms with Gasteiger partial charge in [0.2, 0.25) is 23.6 Å². The van der Waals surface area contributed by atoms with Crippen molar-refractivity contribution in [3.8, 4) is 11.1 Å². The molecule has 19 N–H and O–H groups in total. The highest BCUT2D eigenvalue weighted by molar-refractivity contribution is 7.80. The molecule has 30 nitrogen and oxygen atoms in total. The van der Waals surface area contributed by atoms with Crippen molar-refractivity contribution < 1.29 is 77.6 Å². The number of anilines is 2. The summed E-state index contributed by atoms with van der Waals surface area (Å²) < 4.78 is 4.82. The number of piperazine rings is 1. The Labute approximate surface area is 877 Å². The van der Waals surface area contributed by atoms with Crippen molar-refractivity contribution in [1.82, 2.24) is 41.7 Å². The van der Waals surface area contributed by atoms with Gasteiger partial charge in [0, 0.05) is 114 Å². The van der Waals surface area contributed by atoms with E-state index in [1.807, 2.05) is 178 Å². The summed E-state index contributed by atoms with van der Waals surface area (Å²) in [6, 6.07) is 52.9. The highest BCUT2D eigenvalue weighted by atomic mass is 32.1. The molecule has 1 fully saturated rings. The Bertz CT molecular complexity index is 5300. The van der Waals surface area contributed by atoms with Gasteiger partial charge in [0.15, 0.2) is 5.78 Å². The molecule has 35 heteroatoms. The zero-order valence-electron chi connectivity index (χ0n) is 85.1. The number of hydrogen-bond acceptors (Lipinski definition) is 25. The molecule has 0 aromatic heterocycles. The number of carbonyl (C=O) groups is 12. The number of rotatable bonds is 53. The number of carboxylic acids is 3. The van der Waals surface area contributed by atoms with Crippen molar-refractivity contribution in [2.45, 2.75) is 232 Å². The molecule has 0 bridgehead atoms. The van der Waals surface area contributed by atoms with E-state index in [9.17, 15) is 67.7 Å².